The van der Waals surface area contributed by atoms with Gasteiger partial charge in [0.25, 0.3) is 0 Å². The highest BCUT2D eigenvalue weighted by Crippen LogP contribution is 2.17. The van der Waals surface area contributed by atoms with E-state index >= 15 is 0 Å². The van der Waals surface area contributed by atoms with Gasteiger partial charge in [0.1, 0.15) is 5.75 Å². The van der Waals surface area contributed by atoms with Gasteiger partial charge in [-0.2, -0.15) is 0 Å². The lowest BCUT2D eigenvalue weighted by Crippen LogP contribution is -2.38. The predicted octanol–water partition coefficient (Wildman–Crippen LogP) is 3.27. The fraction of sp³-hybridized carbons (Fsp3) is 0.381. The van der Waals surface area contributed by atoms with Crippen molar-refractivity contribution in [2.24, 2.45) is 0 Å². The molecule has 0 atom stereocenters. The summed E-state index contributed by atoms with van der Waals surface area (Å²) in [4.78, 5) is 14.3. The van der Waals surface area contributed by atoms with Gasteiger partial charge in [0.05, 0.1) is 6.54 Å². The van der Waals surface area contributed by atoms with E-state index in [9.17, 15) is 9.90 Å². The van der Waals surface area contributed by atoms with Crippen LogP contribution in [0.5, 0.6) is 5.75 Å². The molecule has 4 nitrogen and oxygen atoms in total. The third-order valence-electron chi connectivity index (χ3n) is 4.27. The minimum atomic E-state index is 0.0254. The van der Waals surface area contributed by atoms with Crippen molar-refractivity contribution in [3.05, 3.63) is 65.2 Å². The number of amides is 1. The average Bonchev–Trinajstić information content (AvgIpc) is 2.59. The number of aromatic hydroxyl groups is 1. The highest BCUT2D eigenvalue weighted by molar-refractivity contribution is 5.78. The molecular formula is C21H28N2O2. The zero-order chi connectivity index (χ0) is 18.1. The molecule has 2 aromatic carbocycles. The number of rotatable bonds is 9. The molecule has 0 aliphatic heterocycles. The monoisotopic (exact) mass is 340 g/mol. The summed E-state index contributed by atoms with van der Waals surface area (Å²) in [6.45, 7) is 6.56. The van der Waals surface area contributed by atoms with Gasteiger partial charge in [-0.15, -0.1) is 0 Å². The van der Waals surface area contributed by atoms with Crippen LogP contribution in [0.25, 0.3) is 0 Å². The van der Waals surface area contributed by atoms with Crippen molar-refractivity contribution in [3.63, 3.8) is 0 Å². The van der Waals surface area contributed by atoms with Crippen LogP contribution in [-0.2, 0) is 17.8 Å². The van der Waals surface area contributed by atoms with Crippen LogP contribution in [0.2, 0.25) is 0 Å². The molecule has 0 aromatic heterocycles. The van der Waals surface area contributed by atoms with Crippen molar-refractivity contribution < 1.29 is 9.90 Å². The maximum atomic E-state index is 12.3. The predicted molar refractivity (Wildman–Crippen MR) is 102 cm³/mol. The summed E-state index contributed by atoms with van der Waals surface area (Å²) in [6, 6.07) is 15.5. The van der Waals surface area contributed by atoms with Gasteiger partial charge in [0.2, 0.25) is 5.91 Å². The third kappa shape index (κ3) is 6.24. The molecule has 0 saturated heterocycles. The first-order chi connectivity index (χ1) is 12.1. The first kappa shape index (κ1) is 19.0. The lowest BCUT2D eigenvalue weighted by atomic mass is 10.1. The summed E-state index contributed by atoms with van der Waals surface area (Å²) in [5, 5.41) is 12.9. The Morgan fingerprint density at radius 1 is 1.08 bits per heavy atom. The standard InChI is InChI=1S/C21H28N2O2/c1-3-14-23(15-19-10-6-7-11-20(19)24)16-21(25)22-13-12-18-9-5-4-8-17(18)2/h4-11,24H,3,12-16H2,1-2H3,(H,22,25). The normalized spacial score (nSPS) is 10.8. The van der Waals surface area contributed by atoms with Crippen LogP contribution in [0.3, 0.4) is 0 Å². The van der Waals surface area contributed by atoms with E-state index in [4.69, 9.17) is 0 Å². The van der Waals surface area contributed by atoms with E-state index in [1.807, 2.05) is 24.3 Å². The molecule has 0 fully saturated rings. The summed E-state index contributed by atoms with van der Waals surface area (Å²) < 4.78 is 0. The zero-order valence-electron chi connectivity index (χ0n) is 15.2. The molecule has 0 radical (unpaired) electrons. The smallest absolute Gasteiger partial charge is 0.234 e. The topological polar surface area (TPSA) is 52.6 Å². The first-order valence-electron chi connectivity index (χ1n) is 8.90. The minimum Gasteiger partial charge on any atom is -0.508 e. The summed E-state index contributed by atoms with van der Waals surface area (Å²) in [7, 11) is 0. The molecule has 0 unspecified atom stereocenters. The number of carbonyl (C=O) groups excluding carboxylic acids is 1. The van der Waals surface area contributed by atoms with Gasteiger partial charge >= 0.3 is 0 Å². The summed E-state index contributed by atoms with van der Waals surface area (Å²) in [6.07, 6.45) is 1.80. The number of nitrogens with zero attached hydrogens (tertiary/aromatic N) is 1. The largest absolute Gasteiger partial charge is 0.508 e. The van der Waals surface area contributed by atoms with Gasteiger partial charge in [-0.25, -0.2) is 0 Å². The van der Waals surface area contributed by atoms with E-state index in [1.54, 1.807) is 12.1 Å². The number of nitrogens with one attached hydrogen (secondary N) is 1. The molecule has 0 bridgehead atoms. The lowest BCUT2D eigenvalue weighted by Gasteiger charge is -2.21. The second-order valence-corrected chi connectivity index (χ2v) is 6.37. The number of benzene rings is 2. The average molecular weight is 340 g/mol. The number of para-hydroxylation sites is 1. The number of phenols is 1. The Morgan fingerprint density at radius 2 is 1.76 bits per heavy atom. The van der Waals surface area contributed by atoms with Gasteiger partial charge in [-0.1, -0.05) is 49.4 Å². The molecule has 2 rings (SSSR count). The van der Waals surface area contributed by atoms with Crippen molar-refractivity contribution >= 4 is 5.91 Å². The van der Waals surface area contributed by atoms with Crippen LogP contribution < -0.4 is 5.32 Å². The molecule has 2 N–H and O–H groups in total. The SMILES string of the molecule is CCCN(CC(=O)NCCc1ccccc1C)Cc1ccccc1O. The van der Waals surface area contributed by atoms with Crippen LogP contribution in [0.4, 0.5) is 0 Å². The van der Waals surface area contributed by atoms with Crippen molar-refractivity contribution in [2.45, 2.75) is 33.2 Å². The van der Waals surface area contributed by atoms with Crippen molar-refractivity contribution in [2.75, 3.05) is 19.6 Å². The van der Waals surface area contributed by atoms with E-state index in [0.29, 0.717) is 19.6 Å². The molecule has 0 spiro atoms. The van der Waals surface area contributed by atoms with Gasteiger partial charge in [0.15, 0.2) is 0 Å². The quantitative estimate of drug-likeness (QED) is 0.737. The first-order valence-corrected chi connectivity index (χ1v) is 8.90. The Balaban J connectivity index is 1.83. The summed E-state index contributed by atoms with van der Waals surface area (Å²) in [5.74, 6) is 0.306. The number of aryl methyl sites for hydroxylation is 1. The Bertz CT molecular complexity index is 685. The molecule has 0 heterocycles. The highest BCUT2D eigenvalue weighted by Gasteiger charge is 2.12. The second kappa shape index (κ2) is 9.84. The van der Waals surface area contributed by atoms with Gasteiger partial charge < -0.3 is 10.4 Å². The second-order valence-electron chi connectivity index (χ2n) is 6.37. The van der Waals surface area contributed by atoms with Gasteiger partial charge in [-0.3, -0.25) is 9.69 Å². The molecule has 0 saturated carbocycles. The van der Waals surface area contributed by atoms with Crippen LogP contribution in [-0.4, -0.2) is 35.5 Å². The molecule has 134 valence electrons. The fourth-order valence-corrected chi connectivity index (χ4v) is 2.90. The fourth-order valence-electron chi connectivity index (χ4n) is 2.90. The Morgan fingerprint density at radius 3 is 2.44 bits per heavy atom. The van der Waals surface area contributed by atoms with E-state index in [1.165, 1.54) is 11.1 Å². The van der Waals surface area contributed by atoms with Crippen molar-refractivity contribution in [3.8, 4) is 5.75 Å². The molecule has 1 amide bonds. The summed E-state index contributed by atoms with van der Waals surface area (Å²) in [5.41, 5.74) is 3.37. The number of carbonyl (C=O) groups is 1. The number of hydrogen-bond acceptors (Lipinski definition) is 3. The van der Waals surface area contributed by atoms with Crippen molar-refractivity contribution in [1.82, 2.24) is 10.2 Å². The number of phenolic OH excluding ortho intramolecular Hbond substituents is 1. The van der Waals surface area contributed by atoms with Crippen LogP contribution in [0.1, 0.15) is 30.0 Å². The molecule has 25 heavy (non-hydrogen) atoms. The van der Waals surface area contributed by atoms with E-state index in [0.717, 1.165) is 24.9 Å². The Labute approximate surface area is 150 Å². The highest BCUT2D eigenvalue weighted by atomic mass is 16.3. The van der Waals surface area contributed by atoms with Crippen molar-refractivity contribution in [1.29, 1.82) is 0 Å². The van der Waals surface area contributed by atoms with Crippen LogP contribution in [0.15, 0.2) is 48.5 Å². The zero-order valence-corrected chi connectivity index (χ0v) is 15.2. The van der Waals surface area contributed by atoms with E-state index in [-0.39, 0.29) is 11.7 Å². The minimum absolute atomic E-state index is 0.0254. The third-order valence-corrected chi connectivity index (χ3v) is 4.27. The molecular weight excluding hydrogens is 312 g/mol. The van der Waals surface area contributed by atoms with Crippen LogP contribution in [0, 0.1) is 6.92 Å². The van der Waals surface area contributed by atoms with Gasteiger partial charge in [0, 0.05) is 18.7 Å². The number of hydrogen-bond donors (Lipinski definition) is 2. The maximum absolute atomic E-state index is 12.3. The Kier molecular flexibility index (Phi) is 7.48. The van der Waals surface area contributed by atoms with E-state index < -0.39 is 0 Å². The van der Waals surface area contributed by atoms with E-state index in [2.05, 4.69) is 36.2 Å². The summed E-state index contributed by atoms with van der Waals surface area (Å²) >= 11 is 0. The van der Waals surface area contributed by atoms with Crippen LogP contribution >= 0.6 is 0 Å². The maximum Gasteiger partial charge on any atom is 0.234 e. The Hall–Kier alpha value is -2.33. The lowest BCUT2D eigenvalue weighted by molar-refractivity contribution is -0.122. The van der Waals surface area contributed by atoms with Gasteiger partial charge in [-0.05, 0) is 43.5 Å². The molecule has 0 aliphatic carbocycles. The molecule has 2 aromatic rings. The molecule has 4 heteroatoms. The molecule has 0 aliphatic rings.